The third-order valence-corrected chi connectivity index (χ3v) is 7.72. The first kappa shape index (κ1) is 21.8. The van der Waals surface area contributed by atoms with E-state index in [1.807, 2.05) is 53.6 Å². The zero-order valence-electron chi connectivity index (χ0n) is 18.8. The molecule has 0 bridgehead atoms. The van der Waals surface area contributed by atoms with Crippen LogP contribution in [0, 0.1) is 11.8 Å². The van der Waals surface area contributed by atoms with E-state index in [-0.39, 0.29) is 17.6 Å². The van der Waals surface area contributed by atoms with Crippen LogP contribution in [0.4, 0.5) is 5.69 Å². The topological polar surface area (TPSA) is 66.9 Å². The SMILES string of the molecule is COc1ccc(N2C(=O)C3C(C2=O)C2c4ccccc4C=CN2C3C(=O)c2ccc(Br)cc2)cc1. The van der Waals surface area contributed by atoms with Crippen molar-refractivity contribution in [2.24, 2.45) is 11.8 Å². The summed E-state index contributed by atoms with van der Waals surface area (Å²) in [6.45, 7) is 0. The van der Waals surface area contributed by atoms with Crippen LogP contribution in [0.2, 0.25) is 0 Å². The number of halogens is 1. The quantitative estimate of drug-likeness (QED) is 0.357. The van der Waals surface area contributed by atoms with Crippen LogP contribution >= 0.6 is 15.9 Å². The number of anilines is 1. The monoisotopic (exact) mass is 528 g/mol. The fourth-order valence-corrected chi connectivity index (χ4v) is 5.89. The normalized spacial score (nSPS) is 24.3. The van der Waals surface area contributed by atoms with Gasteiger partial charge in [-0.05, 0) is 53.6 Å². The number of ketones is 1. The molecule has 35 heavy (non-hydrogen) atoms. The minimum absolute atomic E-state index is 0.170. The molecule has 0 aromatic heterocycles. The van der Waals surface area contributed by atoms with Crippen LogP contribution in [0.5, 0.6) is 5.75 Å². The molecule has 0 radical (unpaired) electrons. The van der Waals surface area contributed by atoms with Crippen molar-refractivity contribution in [2.45, 2.75) is 12.1 Å². The second kappa shape index (κ2) is 8.20. The molecule has 0 spiro atoms. The number of carbonyl (C=O) groups is 3. The van der Waals surface area contributed by atoms with E-state index < -0.39 is 23.9 Å². The lowest BCUT2D eigenvalue weighted by molar-refractivity contribution is -0.123. The molecule has 4 atom stereocenters. The number of carbonyl (C=O) groups excluding carboxylic acids is 3. The van der Waals surface area contributed by atoms with Gasteiger partial charge in [0.05, 0.1) is 30.7 Å². The van der Waals surface area contributed by atoms with Crippen LogP contribution in [0.15, 0.2) is 83.5 Å². The summed E-state index contributed by atoms with van der Waals surface area (Å²) >= 11 is 3.41. The predicted molar refractivity (Wildman–Crippen MR) is 135 cm³/mol. The number of hydrogen-bond acceptors (Lipinski definition) is 5. The second-order valence-corrected chi connectivity index (χ2v) is 9.83. The lowest BCUT2D eigenvalue weighted by Crippen LogP contribution is -2.44. The van der Waals surface area contributed by atoms with E-state index in [1.165, 1.54) is 4.90 Å². The summed E-state index contributed by atoms with van der Waals surface area (Å²) in [4.78, 5) is 44.8. The van der Waals surface area contributed by atoms with Crippen molar-refractivity contribution in [3.05, 3.63) is 100 Å². The van der Waals surface area contributed by atoms with E-state index in [9.17, 15) is 14.4 Å². The average molecular weight is 529 g/mol. The lowest BCUT2D eigenvalue weighted by Gasteiger charge is -2.35. The maximum atomic E-state index is 13.9. The van der Waals surface area contributed by atoms with Gasteiger partial charge in [0.2, 0.25) is 11.8 Å². The molecule has 0 N–H and O–H groups in total. The zero-order chi connectivity index (χ0) is 24.3. The Morgan fingerprint density at radius 3 is 2.29 bits per heavy atom. The molecule has 0 aliphatic carbocycles. The largest absolute Gasteiger partial charge is 0.497 e. The maximum Gasteiger partial charge on any atom is 0.240 e. The summed E-state index contributed by atoms with van der Waals surface area (Å²) in [5.41, 5.74) is 2.94. The van der Waals surface area contributed by atoms with Crippen LogP contribution in [0.1, 0.15) is 27.5 Å². The molecule has 3 aliphatic heterocycles. The molecular formula is C28H21BrN2O4. The number of methoxy groups -OCH3 is 1. The van der Waals surface area contributed by atoms with Crippen molar-refractivity contribution in [3.8, 4) is 5.75 Å². The Labute approximate surface area is 210 Å². The van der Waals surface area contributed by atoms with Crippen molar-refractivity contribution in [2.75, 3.05) is 12.0 Å². The van der Waals surface area contributed by atoms with Gasteiger partial charge in [0.25, 0.3) is 0 Å². The number of amides is 2. The molecule has 4 unspecified atom stereocenters. The summed E-state index contributed by atoms with van der Waals surface area (Å²) in [5, 5.41) is 0. The molecule has 6 rings (SSSR count). The highest BCUT2D eigenvalue weighted by atomic mass is 79.9. The molecule has 3 aromatic carbocycles. The second-order valence-electron chi connectivity index (χ2n) is 8.91. The summed E-state index contributed by atoms with van der Waals surface area (Å²) in [6.07, 6.45) is 3.82. The van der Waals surface area contributed by atoms with Crippen molar-refractivity contribution in [1.29, 1.82) is 0 Å². The number of fused-ring (bicyclic) bond motifs is 5. The van der Waals surface area contributed by atoms with Gasteiger partial charge < -0.3 is 9.64 Å². The first-order chi connectivity index (χ1) is 17.0. The predicted octanol–water partition coefficient (Wildman–Crippen LogP) is 4.86. The Hall–Kier alpha value is -3.71. The van der Waals surface area contributed by atoms with Crippen LogP contribution < -0.4 is 9.64 Å². The molecule has 2 saturated heterocycles. The minimum atomic E-state index is -0.790. The van der Waals surface area contributed by atoms with Crippen molar-refractivity contribution >= 4 is 45.3 Å². The molecule has 174 valence electrons. The fraction of sp³-hybridized carbons (Fsp3) is 0.179. The average Bonchev–Trinajstić information content (AvgIpc) is 3.36. The summed E-state index contributed by atoms with van der Waals surface area (Å²) in [6, 6.07) is 20.6. The molecule has 7 heteroatoms. The number of benzene rings is 3. The Morgan fingerprint density at radius 1 is 0.886 bits per heavy atom. The van der Waals surface area contributed by atoms with E-state index in [2.05, 4.69) is 15.9 Å². The van der Waals surface area contributed by atoms with Gasteiger partial charge in [-0.2, -0.15) is 0 Å². The number of rotatable bonds is 4. The van der Waals surface area contributed by atoms with E-state index in [0.717, 1.165) is 15.6 Å². The van der Waals surface area contributed by atoms with Gasteiger partial charge in [-0.25, -0.2) is 4.90 Å². The number of Topliss-reactive ketones (excluding diaryl/α,β-unsaturated/α-hetero) is 1. The molecule has 3 heterocycles. The Morgan fingerprint density at radius 2 is 1.57 bits per heavy atom. The number of ether oxygens (including phenoxy) is 1. The number of nitrogens with zero attached hydrogens (tertiary/aromatic N) is 2. The van der Waals surface area contributed by atoms with Gasteiger partial charge in [0, 0.05) is 16.2 Å². The van der Waals surface area contributed by atoms with Crippen LogP contribution in [0.25, 0.3) is 6.08 Å². The first-order valence-corrected chi connectivity index (χ1v) is 12.1. The van der Waals surface area contributed by atoms with Gasteiger partial charge in [-0.3, -0.25) is 14.4 Å². The smallest absolute Gasteiger partial charge is 0.240 e. The highest BCUT2D eigenvalue weighted by Crippen LogP contribution is 2.53. The summed E-state index contributed by atoms with van der Waals surface area (Å²) < 4.78 is 6.09. The number of imide groups is 1. The van der Waals surface area contributed by atoms with E-state index in [0.29, 0.717) is 17.0 Å². The maximum absolute atomic E-state index is 13.9. The van der Waals surface area contributed by atoms with E-state index in [1.54, 1.807) is 43.5 Å². The van der Waals surface area contributed by atoms with Crippen molar-refractivity contribution < 1.29 is 19.1 Å². The van der Waals surface area contributed by atoms with Crippen molar-refractivity contribution in [3.63, 3.8) is 0 Å². The minimum Gasteiger partial charge on any atom is -0.497 e. The van der Waals surface area contributed by atoms with Gasteiger partial charge in [0.15, 0.2) is 5.78 Å². The zero-order valence-corrected chi connectivity index (χ0v) is 20.4. The summed E-state index contributed by atoms with van der Waals surface area (Å²) in [7, 11) is 1.56. The molecule has 6 nitrogen and oxygen atoms in total. The fourth-order valence-electron chi connectivity index (χ4n) is 5.63. The molecule has 3 aliphatic rings. The molecule has 0 saturated carbocycles. The molecule has 2 fully saturated rings. The van der Waals surface area contributed by atoms with E-state index >= 15 is 0 Å². The van der Waals surface area contributed by atoms with Gasteiger partial charge >= 0.3 is 0 Å². The molecule has 2 amide bonds. The molecular weight excluding hydrogens is 508 g/mol. The van der Waals surface area contributed by atoms with Gasteiger partial charge in [-0.15, -0.1) is 0 Å². The van der Waals surface area contributed by atoms with Gasteiger partial charge in [0.1, 0.15) is 11.8 Å². The van der Waals surface area contributed by atoms with Crippen LogP contribution in [0.3, 0.4) is 0 Å². The first-order valence-electron chi connectivity index (χ1n) is 11.4. The van der Waals surface area contributed by atoms with Gasteiger partial charge in [-0.1, -0.05) is 52.3 Å². The highest BCUT2D eigenvalue weighted by Gasteiger charge is 2.64. The Balaban J connectivity index is 1.47. The van der Waals surface area contributed by atoms with E-state index in [4.69, 9.17) is 4.74 Å². The van der Waals surface area contributed by atoms with Crippen molar-refractivity contribution in [1.82, 2.24) is 4.90 Å². The van der Waals surface area contributed by atoms with Crippen LogP contribution in [-0.4, -0.2) is 35.6 Å². The Bertz CT molecular complexity index is 1380. The lowest BCUT2D eigenvalue weighted by atomic mass is 9.83. The third kappa shape index (κ3) is 3.26. The molecule has 3 aromatic rings. The van der Waals surface area contributed by atoms with Crippen LogP contribution in [-0.2, 0) is 9.59 Å². The highest BCUT2D eigenvalue weighted by molar-refractivity contribution is 9.10. The Kier molecular flexibility index (Phi) is 5.11. The standard InChI is InChI=1S/C28H21BrN2O4/c1-35-20-12-10-19(11-13-20)31-27(33)22-23(28(31)34)25(26(32)17-6-8-18(29)9-7-17)30-15-14-16-4-2-3-5-21(16)24(22)30/h2-15,22-25H,1H3. The number of hydrogen-bond donors (Lipinski definition) is 0. The third-order valence-electron chi connectivity index (χ3n) is 7.19. The summed E-state index contributed by atoms with van der Waals surface area (Å²) in [5.74, 6) is -1.62.